The second-order valence-electron chi connectivity index (χ2n) is 5.61. The zero-order valence-corrected chi connectivity index (χ0v) is 16.8. The molecule has 0 saturated carbocycles. The highest BCUT2D eigenvalue weighted by Crippen LogP contribution is 2.28. The average Bonchev–Trinajstić information content (AvgIpc) is 2.68. The topological polar surface area (TPSA) is 90.9 Å². The van der Waals surface area contributed by atoms with E-state index in [9.17, 15) is 14.4 Å². The molecule has 2 rings (SSSR count). The number of carbonyl (C=O) groups is 3. The Morgan fingerprint density at radius 2 is 1.50 bits per heavy atom. The van der Waals surface area contributed by atoms with Gasteiger partial charge in [0.1, 0.15) is 5.75 Å². The summed E-state index contributed by atoms with van der Waals surface area (Å²) in [4.78, 5) is 36.1. The molecule has 0 aliphatic heterocycles. The van der Waals surface area contributed by atoms with Crippen LogP contribution >= 0.6 is 23.2 Å². The molecule has 28 heavy (non-hydrogen) atoms. The Kier molecular flexibility index (Phi) is 7.25. The maximum Gasteiger partial charge on any atom is 0.337 e. The number of nitrogens with one attached hydrogen (secondary N) is 1. The van der Waals surface area contributed by atoms with E-state index in [1.165, 1.54) is 45.4 Å². The van der Waals surface area contributed by atoms with Crippen molar-refractivity contribution in [2.24, 2.45) is 0 Å². The van der Waals surface area contributed by atoms with Gasteiger partial charge in [0, 0.05) is 10.7 Å². The molecule has 0 fully saturated rings. The van der Waals surface area contributed by atoms with Crippen molar-refractivity contribution in [3.05, 3.63) is 57.6 Å². The zero-order chi connectivity index (χ0) is 20.8. The van der Waals surface area contributed by atoms with Gasteiger partial charge >= 0.3 is 11.9 Å². The predicted molar refractivity (Wildman–Crippen MR) is 104 cm³/mol. The molecule has 0 radical (unpaired) electrons. The fraction of sp³-hybridized carbons (Fsp3) is 0.211. The van der Waals surface area contributed by atoms with Crippen LogP contribution in [-0.2, 0) is 14.3 Å². The van der Waals surface area contributed by atoms with E-state index in [0.717, 1.165) is 0 Å². The predicted octanol–water partition coefficient (Wildman–Crippen LogP) is 3.97. The summed E-state index contributed by atoms with van der Waals surface area (Å²) in [7, 11) is 2.41. The van der Waals surface area contributed by atoms with E-state index in [0.29, 0.717) is 5.02 Å². The molecule has 1 atom stereocenters. The number of amides is 1. The number of anilines is 1. The number of methoxy groups -OCH3 is 2. The number of rotatable bonds is 6. The molecule has 0 saturated heterocycles. The Bertz CT molecular complexity index is 881. The summed E-state index contributed by atoms with van der Waals surface area (Å²) in [6, 6.07) is 8.67. The van der Waals surface area contributed by atoms with Crippen molar-refractivity contribution in [1.29, 1.82) is 0 Å². The van der Waals surface area contributed by atoms with Gasteiger partial charge in [-0.15, -0.1) is 0 Å². The average molecular weight is 426 g/mol. The van der Waals surface area contributed by atoms with Crippen LogP contribution in [0.25, 0.3) is 0 Å². The van der Waals surface area contributed by atoms with Gasteiger partial charge in [-0.2, -0.15) is 0 Å². The normalized spacial score (nSPS) is 11.3. The number of ether oxygens (including phenoxy) is 3. The number of benzene rings is 2. The van der Waals surface area contributed by atoms with Crippen LogP contribution in [0.2, 0.25) is 10.0 Å². The molecular formula is C19H17Cl2NO6. The van der Waals surface area contributed by atoms with Gasteiger partial charge in [0.15, 0.2) is 6.10 Å². The standard InChI is InChI=1S/C19H17Cl2NO6/c1-10(28-16-5-4-13(20)9-15(16)21)17(23)22-14-7-11(18(24)26-2)6-12(8-14)19(25)27-3/h4-10H,1-3H3,(H,22,23). The summed E-state index contributed by atoms with van der Waals surface area (Å²) in [5.74, 6) is -1.58. The zero-order valence-electron chi connectivity index (χ0n) is 15.2. The number of hydrogen-bond acceptors (Lipinski definition) is 6. The highest BCUT2D eigenvalue weighted by molar-refractivity contribution is 6.35. The molecule has 0 aliphatic rings. The lowest BCUT2D eigenvalue weighted by molar-refractivity contribution is -0.122. The Labute approximate surface area is 171 Å². The van der Waals surface area contributed by atoms with E-state index >= 15 is 0 Å². The Hall–Kier alpha value is -2.77. The van der Waals surface area contributed by atoms with E-state index in [4.69, 9.17) is 27.9 Å². The lowest BCUT2D eigenvalue weighted by atomic mass is 10.1. The third-order valence-corrected chi connectivity index (χ3v) is 4.14. The van der Waals surface area contributed by atoms with Crippen molar-refractivity contribution >= 4 is 46.7 Å². The smallest absolute Gasteiger partial charge is 0.337 e. The highest BCUT2D eigenvalue weighted by atomic mass is 35.5. The molecule has 0 aromatic heterocycles. The van der Waals surface area contributed by atoms with Crippen molar-refractivity contribution in [2.75, 3.05) is 19.5 Å². The first-order valence-electron chi connectivity index (χ1n) is 7.99. The summed E-state index contributed by atoms with van der Waals surface area (Å²) in [6.45, 7) is 1.52. The summed E-state index contributed by atoms with van der Waals surface area (Å²) in [5, 5.41) is 3.27. The molecule has 0 heterocycles. The number of halogens is 2. The van der Waals surface area contributed by atoms with E-state index < -0.39 is 23.9 Å². The third kappa shape index (κ3) is 5.37. The molecule has 2 aromatic rings. The van der Waals surface area contributed by atoms with Crippen LogP contribution < -0.4 is 10.1 Å². The molecule has 0 aliphatic carbocycles. The molecule has 148 valence electrons. The Morgan fingerprint density at radius 1 is 0.929 bits per heavy atom. The van der Waals surface area contributed by atoms with Crippen LogP contribution in [-0.4, -0.2) is 38.2 Å². The van der Waals surface area contributed by atoms with Gasteiger partial charge in [0.05, 0.1) is 30.4 Å². The quantitative estimate of drug-likeness (QED) is 0.703. The van der Waals surface area contributed by atoms with Crippen molar-refractivity contribution in [2.45, 2.75) is 13.0 Å². The monoisotopic (exact) mass is 425 g/mol. The Morgan fingerprint density at radius 3 is 2.00 bits per heavy atom. The van der Waals surface area contributed by atoms with Gasteiger partial charge in [-0.1, -0.05) is 23.2 Å². The first kappa shape index (κ1) is 21.5. The maximum absolute atomic E-state index is 12.5. The first-order valence-corrected chi connectivity index (χ1v) is 8.75. The van der Waals surface area contributed by atoms with Crippen molar-refractivity contribution < 1.29 is 28.6 Å². The third-order valence-electron chi connectivity index (χ3n) is 3.61. The van der Waals surface area contributed by atoms with Crippen molar-refractivity contribution in [3.8, 4) is 5.75 Å². The minimum Gasteiger partial charge on any atom is -0.479 e. The fourth-order valence-electron chi connectivity index (χ4n) is 2.23. The molecule has 1 amide bonds. The fourth-order valence-corrected chi connectivity index (χ4v) is 2.68. The van der Waals surface area contributed by atoms with Crippen LogP contribution in [0.3, 0.4) is 0 Å². The summed E-state index contributed by atoms with van der Waals surface area (Å²) >= 11 is 11.9. The summed E-state index contributed by atoms with van der Waals surface area (Å²) in [6.07, 6.45) is -0.929. The lowest BCUT2D eigenvalue weighted by Crippen LogP contribution is -2.30. The van der Waals surface area contributed by atoms with E-state index in [1.54, 1.807) is 12.1 Å². The highest BCUT2D eigenvalue weighted by Gasteiger charge is 2.19. The second-order valence-corrected chi connectivity index (χ2v) is 6.45. The molecule has 7 nitrogen and oxygen atoms in total. The van der Waals surface area contributed by atoms with Crippen molar-refractivity contribution in [1.82, 2.24) is 0 Å². The molecule has 0 bridgehead atoms. The van der Waals surface area contributed by atoms with Crippen molar-refractivity contribution in [3.63, 3.8) is 0 Å². The number of hydrogen-bond donors (Lipinski definition) is 1. The molecule has 9 heteroatoms. The minimum atomic E-state index is -0.929. The SMILES string of the molecule is COC(=O)c1cc(NC(=O)C(C)Oc2ccc(Cl)cc2Cl)cc(C(=O)OC)c1. The van der Waals surface area contributed by atoms with E-state index in [1.807, 2.05) is 0 Å². The number of esters is 2. The van der Waals surface area contributed by atoms with Crippen LogP contribution in [0.1, 0.15) is 27.6 Å². The van der Waals surface area contributed by atoms with Crippen LogP contribution in [0.5, 0.6) is 5.75 Å². The maximum atomic E-state index is 12.5. The van der Waals surface area contributed by atoms with Gasteiger partial charge in [-0.25, -0.2) is 9.59 Å². The summed E-state index contributed by atoms with van der Waals surface area (Å²) < 4.78 is 14.9. The number of carbonyl (C=O) groups excluding carboxylic acids is 3. The molecule has 0 spiro atoms. The van der Waals surface area contributed by atoms with Crippen LogP contribution in [0, 0.1) is 0 Å². The molecule has 1 N–H and O–H groups in total. The van der Waals surface area contributed by atoms with Gasteiger partial charge < -0.3 is 19.5 Å². The van der Waals surface area contributed by atoms with Crippen LogP contribution in [0.4, 0.5) is 5.69 Å². The van der Waals surface area contributed by atoms with Gasteiger partial charge in [-0.3, -0.25) is 4.79 Å². The lowest BCUT2D eigenvalue weighted by Gasteiger charge is -2.16. The van der Waals surface area contributed by atoms with E-state index in [-0.39, 0.29) is 27.6 Å². The summed E-state index contributed by atoms with van der Waals surface area (Å²) in [5.41, 5.74) is 0.357. The largest absolute Gasteiger partial charge is 0.479 e. The minimum absolute atomic E-state index is 0.0787. The Balaban J connectivity index is 2.21. The molecule has 1 unspecified atom stereocenters. The van der Waals surface area contributed by atoms with E-state index in [2.05, 4.69) is 14.8 Å². The second kappa shape index (κ2) is 9.43. The van der Waals surface area contributed by atoms with Gasteiger partial charge in [0.2, 0.25) is 0 Å². The molecular weight excluding hydrogens is 409 g/mol. The first-order chi connectivity index (χ1) is 13.2. The molecule has 2 aromatic carbocycles. The van der Waals surface area contributed by atoms with Gasteiger partial charge in [0.25, 0.3) is 5.91 Å². The van der Waals surface area contributed by atoms with Crippen LogP contribution in [0.15, 0.2) is 36.4 Å². The van der Waals surface area contributed by atoms with Gasteiger partial charge in [-0.05, 0) is 43.3 Å².